The summed E-state index contributed by atoms with van der Waals surface area (Å²) in [4.78, 5) is 37.1. The number of phosphoric ester groups is 1. The minimum absolute atomic E-state index is 0. The average molecular weight is 757 g/mol. The summed E-state index contributed by atoms with van der Waals surface area (Å²) in [6, 6.07) is 0. The molecule has 0 amide bonds. The van der Waals surface area contributed by atoms with Crippen molar-refractivity contribution in [3.05, 3.63) is 0 Å². The molecular formula is C39H74NaO10P. The van der Waals surface area contributed by atoms with Gasteiger partial charge in [-0.25, -0.2) is 0 Å². The Bertz CT molecular complexity index is 879. The standard InChI is InChI=1S/C39H75O10P.Na/c1-3-5-7-9-10-11-12-13-14-15-16-19-23-27-38(42)46-32-37(33-48-50(44,45)47-31-36(41)30-40)49-39(43)28-24-20-17-18-22-26-35-29-34(35)25-21-8-6-4-2;/h34-37,40-41H,3-33H2,1-2H3,(H,44,45);/q;+1/p-1/t34?,35?,36?,37-;/m1./s1. The number of hydrogen-bond acceptors (Lipinski definition) is 10. The summed E-state index contributed by atoms with van der Waals surface area (Å²) in [6.45, 7) is 2.23. The molecule has 12 heteroatoms. The van der Waals surface area contributed by atoms with Crippen LogP contribution in [0, 0.1) is 11.8 Å². The second kappa shape index (κ2) is 34.5. The maximum atomic E-state index is 12.6. The van der Waals surface area contributed by atoms with E-state index in [1.165, 1.54) is 109 Å². The van der Waals surface area contributed by atoms with Crippen LogP contribution in [0.4, 0.5) is 0 Å². The Morgan fingerprint density at radius 1 is 0.647 bits per heavy atom. The van der Waals surface area contributed by atoms with E-state index in [4.69, 9.17) is 19.1 Å². The van der Waals surface area contributed by atoms with E-state index in [0.717, 1.165) is 50.4 Å². The van der Waals surface area contributed by atoms with Crippen molar-refractivity contribution in [1.29, 1.82) is 0 Å². The first-order valence-corrected chi connectivity index (χ1v) is 21.9. The molecule has 0 radical (unpaired) electrons. The van der Waals surface area contributed by atoms with Crippen LogP contribution < -0.4 is 34.5 Å². The summed E-state index contributed by atoms with van der Waals surface area (Å²) < 4.78 is 32.3. The van der Waals surface area contributed by atoms with E-state index >= 15 is 0 Å². The van der Waals surface area contributed by atoms with Crippen molar-refractivity contribution in [3.63, 3.8) is 0 Å². The summed E-state index contributed by atoms with van der Waals surface area (Å²) in [5, 5.41) is 18.2. The zero-order chi connectivity index (χ0) is 36.7. The van der Waals surface area contributed by atoms with Crippen LogP contribution in [-0.4, -0.2) is 60.8 Å². The van der Waals surface area contributed by atoms with E-state index in [2.05, 4.69) is 18.4 Å². The summed E-state index contributed by atoms with van der Waals surface area (Å²) in [5.74, 6) is 0.929. The first-order valence-electron chi connectivity index (χ1n) is 20.4. The number of carbonyl (C=O) groups excluding carboxylic acids is 2. The second-order valence-electron chi connectivity index (χ2n) is 14.6. The molecular weight excluding hydrogens is 682 g/mol. The van der Waals surface area contributed by atoms with Crippen molar-refractivity contribution in [2.75, 3.05) is 26.4 Å². The topological polar surface area (TPSA) is 152 Å². The third kappa shape index (κ3) is 32.0. The van der Waals surface area contributed by atoms with Gasteiger partial charge in [0, 0.05) is 12.8 Å². The van der Waals surface area contributed by atoms with Crippen molar-refractivity contribution >= 4 is 19.8 Å². The Morgan fingerprint density at radius 3 is 1.55 bits per heavy atom. The van der Waals surface area contributed by atoms with Gasteiger partial charge in [0.25, 0.3) is 7.82 Å². The summed E-state index contributed by atoms with van der Waals surface area (Å²) >= 11 is 0. The van der Waals surface area contributed by atoms with Crippen LogP contribution in [0.2, 0.25) is 0 Å². The van der Waals surface area contributed by atoms with Gasteiger partial charge < -0.3 is 33.6 Å². The number of hydrogen-bond donors (Lipinski definition) is 2. The molecule has 296 valence electrons. The molecule has 10 nitrogen and oxygen atoms in total. The number of esters is 2. The van der Waals surface area contributed by atoms with Crippen molar-refractivity contribution < 1.29 is 77.3 Å². The minimum atomic E-state index is -4.85. The van der Waals surface area contributed by atoms with Crippen LogP contribution in [0.3, 0.4) is 0 Å². The van der Waals surface area contributed by atoms with Crippen molar-refractivity contribution in [2.45, 2.75) is 199 Å². The monoisotopic (exact) mass is 756 g/mol. The fourth-order valence-corrected chi connectivity index (χ4v) is 7.18. The Hall–Kier alpha value is -0.0300. The molecule has 4 unspecified atom stereocenters. The molecule has 1 rings (SSSR count). The fraction of sp³-hybridized carbons (Fsp3) is 0.949. The van der Waals surface area contributed by atoms with Crippen LogP contribution in [-0.2, 0) is 32.7 Å². The smallest absolute Gasteiger partial charge is 0.756 e. The zero-order valence-electron chi connectivity index (χ0n) is 32.8. The molecule has 1 aliphatic rings. The molecule has 5 atom stereocenters. The molecule has 0 bridgehead atoms. The minimum Gasteiger partial charge on any atom is -0.756 e. The van der Waals surface area contributed by atoms with E-state index in [9.17, 15) is 24.2 Å². The number of phosphoric acid groups is 1. The largest absolute Gasteiger partial charge is 1.00 e. The average Bonchev–Trinajstić information content (AvgIpc) is 3.86. The molecule has 0 heterocycles. The van der Waals surface area contributed by atoms with Gasteiger partial charge in [-0.3, -0.25) is 14.2 Å². The molecule has 0 spiro atoms. The van der Waals surface area contributed by atoms with Crippen LogP contribution in [0.1, 0.15) is 187 Å². The van der Waals surface area contributed by atoms with Crippen molar-refractivity contribution in [3.8, 4) is 0 Å². The molecule has 1 saturated carbocycles. The first-order chi connectivity index (χ1) is 24.2. The van der Waals surface area contributed by atoms with Crippen LogP contribution >= 0.6 is 7.82 Å². The number of rotatable bonds is 37. The van der Waals surface area contributed by atoms with Gasteiger partial charge in [0.2, 0.25) is 0 Å². The van der Waals surface area contributed by atoms with Gasteiger partial charge in [-0.05, 0) is 31.1 Å². The SMILES string of the molecule is CCCCCCCCCCCCCCCC(=O)OC[C@H](COP(=O)([O-])OCC(O)CO)OC(=O)CCCCCCCC1CC1CCCCCC.[Na+]. The Kier molecular flexibility index (Phi) is 34.4. The van der Waals surface area contributed by atoms with Gasteiger partial charge in [-0.15, -0.1) is 0 Å². The molecule has 1 fully saturated rings. The number of ether oxygens (including phenoxy) is 2. The van der Waals surface area contributed by atoms with Crippen molar-refractivity contribution in [2.24, 2.45) is 11.8 Å². The molecule has 2 N–H and O–H groups in total. The normalized spacial score (nSPS) is 17.7. The van der Waals surface area contributed by atoms with E-state index in [0.29, 0.717) is 12.8 Å². The maximum absolute atomic E-state index is 12.6. The third-order valence-electron chi connectivity index (χ3n) is 9.72. The van der Waals surface area contributed by atoms with Crippen LogP contribution in [0.15, 0.2) is 0 Å². The summed E-state index contributed by atoms with van der Waals surface area (Å²) in [7, 11) is -4.85. The molecule has 0 saturated heterocycles. The summed E-state index contributed by atoms with van der Waals surface area (Å²) in [5.41, 5.74) is 0. The van der Waals surface area contributed by atoms with Crippen molar-refractivity contribution in [1.82, 2.24) is 0 Å². The fourth-order valence-electron chi connectivity index (χ4n) is 6.40. The third-order valence-corrected chi connectivity index (χ3v) is 10.7. The predicted octanol–water partition coefficient (Wildman–Crippen LogP) is 6.12. The summed E-state index contributed by atoms with van der Waals surface area (Å²) in [6.07, 6.45) is 28.1. The van der Waals surface area contributed by atoms with Crippen LogP contribution in [0.5, 0.6) is 0 Å². The quantitative estimate of drug-likeness (QED) is 0.0329. The predicted molar refractivity (Wildman–Crippen MR) is 196 cm³/mol. The number of carbonyl (C=O) groups is 2. The van der Waals surface area contributed by atoms with Gasteiger partial charge in [0.05, 0.1) is 19.8 Å². The van der Waals surface area contributed by atoms with Gasteiger partial charge in [-0.1, -0.05) is 155 Å². The molecule has 51 heavy (non-hydrogen) atoms. The number of aliphatic hydroxyl groups excluding tert-OH is 2. The number of unbranched alkanes of at least 4 members (excludes halogenated alkanes) is 19. The Balaban J connectivity index is 0.0000250. The molecule has 0 aromatic rings. The second-order valence-corrected chi connectivity index (χ2v) is 16.0. The first kappa shape index (κ1) is 51.0. The van der Waals surface area contributed by atoms with E-state index in [-0.39, 0.29) is 49.0 Å². The van der Waals surface area contributed by atoms with Gasteiger partial charge >= 0.3 is 41.5 Å². The Labute approximate surface area is 333 Å². The van der Waals surface area contributed by atoms with E-state index in [1.807, 2.05) is 0 Å². The molecule has 0 aromatic heterocycles. The van der Waals surface area contributed by atoms with Gasteiger partial charge in [0.1, 0.15) is 12.7 Å². The van der Waals surface area contributed by atoms with Crippen LogP contribution in [0.25, 0.3) is 0 Å². The molecule has 0 aliphatic heterocycles. The number of aliphatic hydroxyl groups is 2. The molecule has 1 aliphatic carbocycles. The molecule has 0 aromatic carbocycles. The maximum Gasteiger partial charge on any atom is 1.00 e. The van der Waals surface area contributed by atoms with Gasteiger partial charge in [-0.2, -0.15) is 0 Å². The van der Waals surface area contributed by atoms with E-state index in [1.54, 1.807) is 0 Å². The Morgan fingerprint density at radius 2 is 1.06 bits per heavy atom. The zero-order valence-corrected chi connectivity index (χ0v) is 35.7. The van der Waals surface area contributed by atoms with Gasteiger partial charge in [0.15, 0.2) is 6.10 Å². The van der Waals surface area contributed by atoms with E-state index < -0.39 is 51.8 Å².